The maximum Gasteiger partial charge on any atom is 0.317 e. The molecule has 25 heavy (non-hydrogen) atoms. The summed E-state index contributed by atoms with van der Waals surface area (Å²) in [6.07, 6.45) is 7.52. The van der Waals surface area contributed by atoms with Gasteiger partial charge in [0.15, 0.2) is 0 Å². The number of likely N-dealkylation sites (N-methyl/N-ethyl adjacent to an activating group) is 1. The van der Waals surface area contributed by atoms with Crippen LogP contribution >= 0.6 is 0 Å². The minimum absolute atomic E-state index is 0.0691. The summed E-state index contributed by atoms with van der Waals surface area (Å²) in [6, 6.07) is 0.271. The number of nitrogens with one attached hydrogen (secondary N) is 2. The fraction of sp³-hybridized carbons (Fsp3) is 0.889. The molecule has 2 aliphatic carbocycles. The van der Waals surface area contributed by atoms with Crippen molar-refractivity contribution in [3.63, 3.8) is 0 Å². The highest BCUT2D eigenvalue weighted by molar-refractivity contribution is 5.74. The molecule has 0 spiro atoms. The lowest BCUT2D eigenvalue weighted by Gasteiger charge is -2.42. The van der Waals surface area contributed by atoms with E-state index >= 15 is 0 Å². The van der Waals surface area contributed by atoms with Crippen molar-refractivity contribution in [1.82, 2.24) is 15.5 Å². The Morgan fingerprint density at radius 1 is 1.24 bits per heavy atom. The van der Waals surface area contributed by atoms with Crippen molar-refractivity contribution < 1.29 is 19.4 Å². The van der Waals surface area contributed by atoms with Gasteiger partial charge < -0.3 is 20.5 Å². The molecule has 2 saturated carbocycles. The number of hydrogen-bond donors (Lipinski definition) is 3. The zero-order valence-electron chi connectivity index (χ0n) is 15.6. The number of aliphatic carboxylic acids is 1. The number of amides is 2. The molecule has 0 radical (unpaired) electrons. The third kappa shape index (κ3) is 5.85. The van der Waals surface area contributed by atoms with Crippen molar-refractivity contribution in [2.75, 3.05) is 33.4 Å². The Labute approximate surface area is 150 Å². The van der Waals surface area contributed by atoms with Crippen LogP contribution in [-0.4, -0.2) is 67.4 Å². The standard InChI is InChI=1S/C18H33N3O4/c1-3-21(11-16(22)23)15-9-14(10-15)20-17(24)19-12-18(13-25-2)7-5-4-6-8-18/h14-15H,3-13H2,1-2H3,(H,22,23)(H2,19,20,24). The first-order valence-electron chi connectivity index (χ1n) is 9.47. The van der Waals surface area contributed by atoms with Gasteiger partial charge in [-0.25, -0.2) is 4.79 Å². The van der Waals surface area contributed by atoms with E-state index in [-0.39, 0.29) is 30.1 Å². The minimum atomic E-state index is -0.799. The van der Waals surface area contributed by atoms with Gasteiger partial charge in [0.05, 0.1) is 13.2 Å². The summed E-state index contributed by atoms with van der Waals surface area (Å²) in [7, 11) is 1.72. The topological polar surface area (TPSA) is 90.9 Å². The van der Waals surface area contributed by atoms with Crippen LogP contribution in [0.1, 0.15) is 51.9 Å². The molecule has 0 bridgehead atoms. The molecule has 0 aromatic rings. The highest BCUT2D eigenvalue weighted by Gasteiger charge is 2.36. The number of carbonyl (C=O) groups is 2. The van der Waals surface area contributed by atoms with Crippen LogP contribution < -0.4 is 10.6 Å². The van der Waals surface area contributed by atoms with Gasteiger partial charge in [-0.3, -0.25) is 9.69 Å². The molecule has 3 N–H and O–H groups in total. The van der Waals surface area contributed by atoms with E-state index in [0.717, 1.165) is 32.2 Å². The van der Waals surface area contributed by atoms with Gasteiger partial charge in [-0.15, -0.1) is 0 Å². The number of urea groups is 1. The molecule has 0 heterocycles. The van der Waals surface area contributed by atoms with Gasteiger partial charge in [0.2, 0.25) is 0 Å². The second kappa shape index (κ2) is 9.38. The molecule has 144 valence electrons. The molecule has 0 aliphatic heterocycles. The zero-order valence-corrected chi connectivity index (χ0v) is 15.6. The van der Waals surface area contributed by atoms with E-state index in [0.29, 0.717) is 13.2 Å². The number of carboxylic acid groups (broad SMARTS) is 1. The number of carboxylic acids is 1. The van der Waals surface area contributed by atoms with Crippen LogP contribution in [0.2, 0.25) is 0 Å². The summed E-state index contributed by atoms with van der Waals surface area (Å²) < 4.78 is 5.39. The van der Waals surface area contributed by atoms with Gasteiger partial charge >= 0.3 is 12.0 Å². The first-order chi connectivity index (χ1) is 12.0. The van der Waals surface area contributed by atoms with Gasteiger partial charge in [0.1, 0.15) is 0 Å². The number of carbonyl (C=O) groups excluding carboxylic acids is 1. The molecule has 0 saturated heterocycles. The number of ether oxygens (including phenoxy) is 1. The summed E-state index contributed by atoms with van der Waals surface area (Å²) in [5.74, 6) is -0.799. The average molecular weight is 355 g/mol. The van der Waals surface area contributed by atoms with Crippen molar-refractivity contribution in [1.29, 1.82) is 0 Å². The van der Waals surface area contributed by atoms with Crippen LogP contribution in [0, 0.1) is 5.41 Å². The molecule has 2 amide bonds. The maximum atomic E-state index is 12.2. The van der Waals surface area contributed by atoms with E-state index in [1.54, 1.807) is 7.11 Å². The maximum absolute atomic E-state index is 12.2. The van der Waals surface area contributed by atoms with E-state index in [1.165, 1.54) is 19.3 Å². The van der Waals surface area contributed by atoms with Crippen LogP contribution in [0.5, 0.6) is 0 Å². The van der Waals surface area contributed by atoms with Crippen LogP contribution in [0.4, 0.5) is 4.79 Å². The number of nitrogens with zero attached hydrogens (tertiary/aromatic N) is 1. The highest BCUT2D eigenvalue weighted by atomic mass is 16.5. The third-order valence-electron chi connectivity index (χ3n) is 5.70. The first-order valence-corrected chi connectivity index (χ1v) is 9.47. The van der Waals surface area contributed by atoms with Crippen LogP contribution in [-0.2, 0) is 9.53 Å². The summed E-state index contributed by atoms with van der Waals surface area (Å²) in [4.78, 5) is 25.0. The molecule has 0 atom stereocenters. The Hall–Kier alpha value is -1.34. The quantitative estimate of drug-likeness (QED) is 0.587. The molecular formula is C18H33N3O4. The zero-order chi connectivity index (χ0) is 18.3. The predicted octanol–water partition coefficient (Wildman–Crippen LogP) is 1.82. The third-order valence-corrected chi connectivity index (χ3v) is 5.70. The molecule has 7 nitrogen and oxygen atoms in total. The first kappa shape index (κ1) is 20.0. The Bertz CT molecular complexity index is 440. The lowest BCUT2D eigenvalue weighted by molar-refractivity contribution is -0.139. The molecule has 0 aromatic heterocycles. The lowest BCUT2D eigenvalue weighted by Crippen LogP contribution is -2.57. The molecular weight excluding hydrogens is 322 g/mol. The molecule has 2 aliphatic rings. The number of hydrogen-bond acceptors (Lipinski definition) is 4. The molecule has 0 unspecified atom stereocenters. The van der Waals surface area contributed by atoms with E-state index in [9.17, 15) is 9.59 Å². The van der Waals surface area contributed by atoms with E-state index < -0.39 is 5.97 Å². The molecule has 7 heteroatoms. The summed E-state index contributed by atoms with van der Waals surface area (Å²) in [6.45, 7) is 4.10. The Kier molecular flexibility index (Phi) is 7.50. The van der Waals surface area contributed by atoms with Crippen molar-refractivity contribution >= 4 is 12.0 Å². The Balaban J connectivity index is 1.70. The van der Waals surface area contributed by atoms with Gasteiger partial charge in [-0.2, -0.15) is 0 Å². The van der Waals surface area contributed by atoms with E-state index in [2.05, 4.69) is 10.6 Å². The number of methoxy groups -OCH3 is 1. The van der Waals surface area contributed by atoms with Crippen LogP contribution in [0.15, 0.2) is 0 Å². The highest BCUT2D eigenvalue weighted by Crippen LogP contribution is 2.36. The summed E-state index contributed by atoms with van der Waals surface area (Å²) in [5, 5.41) is 15.0. The van der Waals surface area contributed by atoms with Crippen LogP contribution in [0.3, 0.4) is 0 Å². The minimum Gasteiger partial charge on any atom is -0.480 e. The van der Waals surface area contributed by atoms with Crippen LogP contribution in [0.25, 0.3) is 0 Å². The van der Waals surface area contributed by atoms with Crippen molar-refractivity contribution in [3.05, 3.63) is 0 Å². The average Bonchev–Trinajstić information content (AvgIpc) is 2.55. The monoisotopic (exact) mass is 355 g/mol. The second-order valence-corrected chi connectivity index (χ2v) is 7.60. The van der Waals surface area contributed by atoms with Gasteiger partial charge in [-0.05, 0) is 32.2 Å². The SMILES string of the molecule is CCN(CC(=O)O)C1CC(NC(=O)NCC2(COC)CCCCC2)C1. The van der Waals surface area contributed by atoms with Crippen molar-refractivity contribution in [2.24, 2.45) is 5.41 Å². The van der Waals surface area contributed by atoms with Gasteiger partial charge in [-0.1, -0.05) is 26.2 Å². The lowest BCUT2D eigenvalue weighted by atomic mass is 9.74. The fourth-order valence-corrected chi connectivity index (χ4v) is 4.16. The second-order valence-electron chi connectivity index (χ2n) is 7.60. The summed E-state index contributed by atoms with van der Waals surface area (Å²) >= 11 is 0. The van der Waals surface area contributed by atoms with E-state index in [4.69, 9.17) is 9.84 Å². The van der Waals surface area contributed by atoms with Gasteiger partial charge in [0.25, 0.3) is 0 Å². The Morgan fingerprint density at radius 2 is 1.92 bits per heavy atom. The largest absolute Gasteiger partial charge is 0.480 e. The summed E-state index contributed by atoms with van der Waals surface area (Å²) in [5.41, 5.74) is 0.0764. The number of rotatable bonds is 9. The molecule has 2 fully saturated rings. The fourth-order valence-electron chi connectivity index (χ4n) is 4.16. The van der Waals surface area contributed by atoms with Crippen molar-refractivity contribution in [2.45, 2.75) is 64.0 Å². The normalized spacial score (nSPS) is 25.2. The molecule has 2 rings (SSSR count). The van der Waals surface area contributed by atoms with Gasteiger partial charge in [0, 0.05) is 31.2 Å². The smallest absolute Gasteiger partial charge is 0.317 e. The Morgan fingerprint density at radius 3 is 2.48 bits per heavy atom. The van der Waals surface area contributed by atoms with Crippen molar-refractivity contribution in [3.8, 4) is 0 Å². The predicted molar refractivity (Wildman–Crippen MR) is 95.6 cm³/mol. The van der Waals surface area contributed by atoms with E-state index in [1.807, 2.05) is 11.8 Å². The molecule has 0 aromatic carbocycles.